The van der Waals surface area contributed by atoms with Crippen LogP contribution in [0.15, 0.2) is 30.9 Å². The SMILES string of the molecule is CNc1nc(-c2cnn(C3CCN(C(C)=O)CC3)c2)cc2nccnc12. The van der Waals surface area contributed by atoms with Crippen molar-refractivity contribution in [3.05, 3.63) is 30.9 Å². The van der Waals surface area contributed by atoms with Gasteiger partial charge in [-0.05, 0) is 18.9 Å². The van der Waals surface area contributed by atoms with Crippen LogP contribution >= 0.6 is 0 Å². The van der Waals surface area contributed by atoms with Crippen molar-refractivity contribution < 1.29 is 4.79 Å². The predicted molar refractivity (Wildman–Crippen MR) is 98.6 cm³/mol. The maximum absolute atomic E-state index is 11.5. The van der Waals surface area contributed by atoms with Gasteiger partial charge in [-0.3, -0.25) is 14.5 Å². The van der Waals surface area contributed by atoms with Gasteiger partial charge in [0.15, 0.2) is 5.82 Å². The summed E-state index contributed by atoms with van der Waals surface area (Å²) in [4.78, 5) is 26.8. The summed E-state index contributed by atoms with van der Waals surface area (Å²) in [5.41, 5.74) is 3.31. The first-order valence-corrected chi connectivity index (χ1v) is 8.75. The Morgan fingerprint density at radius 2 is 2.00 bits per heavy atom. The van der Waals surface area contributed by atoms with Crippen LogP contribution in [-0.4, -0.2) is 55.7 Å². The maximum Gasteiger partial charge on any atom is 0.219 e. The smallest absolute Gasteiger partial charge is 0.219 e. The van der Waals surface area contributed by atoms with E-state index in [1.54, 1.807) is 19.3 Å². The van der Waals surface area contributed by atoms with Crippen LogP contribution in [0.4, 0.5) is 5.82 Å². The Hall–Kier alpha value is -3.03. The second-order valence-corrected chi connectivity index (χ2v) is 6.48. The maximum atomic E-state index is 11.5. The number of fused-ring (bicyclic) bond motifs is 1. The first kappa shape index (κ1) is 16.4. The molecule has 1 aliphatic rings. The van der Waals surface area contributed by atoms with Crippen LogP contribution in [-0.2, 0) is 4.79 Å². The van der Waals surface area contributed by atoms with Crippen molar-refractivity contribution in [3.63, 3.8) is 0 Å². The number of nitrogens with one attached hydrogen (secondary N) is 1. The zero-order chi connectivity index (χ0) is 18.1. The van der Waals surface area contributed by atoms with Crippen molar-refractivity contribution in [2.75, 3.05) is 25.5 Å². The fourth-order valence-electron chi connectivity index (χ4n) is 3.41. The van der Waals surface area contributed by atoms with Gasteiger partial charge in [0.1, 0.15) is 5.52 Å². The van der Waals surface area contributed by atoms with Gasteiger partial charge in [0.25, 0.3) is 0 Å². The van der Waals surface area contributed by atoms with Crippen molar-refractivity contribution in [3.8, 4) is 11.3 Å². The number of carbonyl (C=O) groups excluding carboxylic acids is 1. The van der Waals surface area contributed by atoms with Crippen LogP contribution in [0.3, 0.4) is 0 Å². The van der Waals surface area contributed by atoms with Crippen LogP contribution in [0, 0.1) is 0 Å². The molecule has 1 N–H and O–H groups in total. The van der Waals surface area contributed by atoms with E-state index in [0.717, 1.165) is 48.2 Å². The minimum atomic E-state index is 0.144. The van der Waals surface area contributed by atoms with Crippen LogP contribution in [0.25, 0.3) is 22.3 Å². The Morgan fingerprint density at radius 1 is 1.23 bits per heavy atom. The highest BCUT2D eigenvalue weighted by Crippen LogP contribution is 2.27. The highest BCUT2D eigenvalue weighted by molar-refractivity contribution is 5.88. The molecule has 8 nitrogen and oxygen atoms in total. The molecule has 3 aromatic rings. The number of anilines is 1. The zero-order valence-electron chi connectivity index (χ0n) is 14.9. The summed E-state index contributed by atoms with van der Waals surface area (Å²) in [6, 6.07) is 2.24. The van der Waals surface area contributed by atoms with Crippen molar-refractivity contribution in [2.45, 2.75) is 25.8 Å². The van der Waals surface area contributed by atoms with E-state index in [2.05, 4.69) is 25.4 Å². The molecular formula is C18H21N7O. The summed E-state index contributed by atoms with van der Waals surface area (Å²) >= 11 is 0. The summed E-state index contributed by atoms with van der Waals surface area (Å²) in [6.07, 6.45) is 9.03. The van der Waals surface area contributed by atoms with E-state index in [9.17, 15) is 4.79 Å². The Labute approximate surface area is 151 Å². The monoisotopic (exact) mass is 351 g/mol. The average Bonchev–Trinajstić information content (AvgIpc) is 3.17. The van der Waals surface area contributed by atoms with E-state index in [1.807, 2.05) is 35.1 Å². The number of amides is 1. The molecule has 1 fully saturated rings. The Kier molecular flexibility index (Phi) is 4.24. The largest absolute Gasteiger partial charge is 0.371 e. The highest BCUT2D eigenvalue weighted by atomic mass is 16.2. The summed E-state index contributed by atoms with van der Waals surface area (Å²) in [5.74, 6) is 0.846. The number of nitrogens with zero attached hydrogens (tertiary/aromatic N) is 6. The van der Waals surface area contributed by atoms with E-state index in [-0.39, 0.29) is 5.91 Å². The van der Waals surface area contributed by atoms with Gasteiger partial charge < -0.3 is 10.2 Å². The van der Waals surface area contributed by atoms with Gasteiger partial charge in [0, 0.05) is 51.2 Å². The van der Waals surface area contributed by atoms with Crippen LogP contribution in [0.5, 0.6) is 0 Å². The molecule has 1 aliphatic heterocycles. The van der Waals surface area contributed by atoms with Crippen LogP contribution in [0.2, 0.25) is 0 Å². The highest BCUT2D eigenvalue weighted by Gasteiger charge is 2.22. The van der Waals surface area contributed by atoms with E-state index in [4.69, 9.17) is 0 Å². The molecule has 0 saturated carbocycles. The molecule has 26 heavy (non-hydrogen) atoms. The van der Waals surface area contributed by atoms with Crippen molar-refractivity contribution in [1.82, 2.24) is 29.6 Å². The third-order valence-electron chi connectivity index (χ3n) is 4.87. The normalized spacial score (nSPS) is 15.4. The Morgan fingerprint density at radius 3 is 2.73 bits per heavy atom. The molecule has 4 rings (SSSR count). The van der Waals surface area contributed by atoms with E-state index in [1.165, 1.54) is 0 Å². The molecule has 0 unspecified atom stereocenters. The fourth-order valence-corrected chi connectivity index (χ4v) is 3.41. The zero-order valence-corrected chi connectivity index (χ0v) is 14.9. The van der Waals surface area contributed by atoms with E-state index in [0.29, 0.717) is 11.9 Å². The average molecular weight is 351 g/mol. The molecule has 0 aliphatic carbocycles. The minimum absolute atomic E-state index is 0.144. The van der Waals surface area contributed by atoms with Crippen molar-refractivity contribution >= 4 is 22.8 Å². The van der Waals surface area contributed by atoms with E-state index >= 15 is 0 Å². The van der Waals surface area contributed by atoms with Crippen molar-refractivity contribution in [1.29, 1.82) is 0 Å². The Bertz CT molecular complexity index is 944. The quantitative estimate of drug-likeness (QED) is 0.777. The number of rotatable bonds is 3. The van der Waals surface area contributed by atoms with Gasteiger partial charge in [-0.1, -0.05) is 0 Å². The van der Waals surface area contributed by atoms with E-state index < -0.39 is 0 Å². The van der Waals surface area contributed by atoms with Gasteiger partial charge in [-0.25, -0.2) is 9.97 Å². The number of likely N-dealkylation sites (tertiary alicyclic amines) is 1. The number of hydrogen-bond acceptors (Lipinski definition) is 6. The van der Waals surface area contributed by atoms with Crippen LogP contribution < -0.4 is 5.32 Å². The summed E-state index contributed by atoms with van der Waals surface area (Å²) in [6.45, 7) is 3.19. The van der Waals surface area contributed by atoms with Crippen molar-refractivity contribution in [2.24, 2.45) is 0 Å². The van der Waals surface area contributed by atoms with Gasteiger partial charge in [0.2, 0.25) is 5.91 Å². The first-order valence-electron chi connectivity index (χ1n) is 8.75. The van der Waals surface area contributed by atoms with Crippen LogP contribution in [0.1, 0.15) is 25.8 Å². The lowest BCUT2D eigenvalue weighted by atomic mass is 10.1. The van der Waals surface area contributed by atoms with Gasteiger partial charge >= 0.3 is 0 Å². The molecule has 1 amide bonds. The minimum Gasteiger partial charge on any atom is -0.371 e. The molecule has 1 saturated heterocycles. The Balaban J connectivity index is 1.60. The van der Waals surface area contributed by atoms with Gasteiger partial charge in [-0.2, -0.15) is 5.10 Å². The number of pyridine rings is 1. The number of piperidine rings is 1. The lowest BCUT2D eigenvalue weighted by molar-refractivity contribution is -0.130. The molecule has 0 aromatic carbocycles. The fraction of sp³-hybridized carbons (Fsp3) is 0.389. The topological polar surface area (TPSA) is 88.8 Å². The molecular weight excluding hydrogens is 330 g/mol. The molecule has 8 heteroatoms. The standard InChI is InChI=1S/C18H21N7O/c1-12(26)24-7-3-14(4-8-24)25-11-13(10-22-25)15-9-16-17(18(19-2)23-15)21-6-5-20-16/h5-6,9-11,14H,3-4,7-8H2,1-2H3,(H,19,23). The molecule has 0 spiro atoms. The molecule has 4 heterocycles. The molecule has 0 radical (unpaired) electrons. The summed E-state index contributed by atoms with van der Waals surface area (Å²) in [7, 11) is 1.83. The predicted octanol–water partition coefficient (Wildman–Crippen LogP) is 2.11. The number of carbonyl (C=O) groups is 1. The third-order valence-corrected chi connectivity index (χ3v) is 4.87. The second kappa shape index (κ2) is 6.70. The lowest BCUT2D eigenvalue weighted by Gasteiger charge is -2.31. The van der Waals surface area contributed by atoms with Gasteiger partial charge in [-0.15, -0.1) is 0 Å². The summed E-state index contributed by atoms with van der Waals surface area (Å²) in [5, 5.41) is 7.63. The second-order valence-electron chi connectivity index (χ2n) is 6.48. The molecule has 134 valence electrons. The molecule has 0 atom stereocenters. The first-order chi connectivity index (χ1) is 12.7. The van der Waals surface area contributed by atoms with Gasteiger partial charge in [0.05, 0.1) is 23.4 Å². The number of aromatic nitrogens is 5. The lowest BCUT2D eigenvalue weighted by Crippen LogP contribution is -2.37. The molecule has 3 aromatic heterocycles. The number of hydrogen-bond donors (Lipinski definition) is 1. The summed E-state index contributed by atoms with van der Waals surface area (Å²) < 4.78 is 1.99. The third kappa shape index (κ3) is 2.98. The molecule has 0 bridgehead atoms.